The first-order valence-electron chi connectivity index (χ1n) is 4.70. The Balaban J connectivity index is 2.36. The number of rotatable bonds is 1. The summed E-state index contributed by atoms with van der Waals surface area (Å²) in [4.78, 5) is 8.36. The van der Waals surface area contributed by atoms with Crippen LogP contribution in [-0.4, -0.2) is 21.7 Å². The molecule has 1 heterocycles. The van der Waals surface area contributed by atoms with Gasteiger partial charge in [0, 0.05) is 24.4 Å². The number of fused-ring (bicyclic) bond motifs is 1. The van der Waals surface area contributed by atoms with Gasteiger partial charge in [0.1, 0.15) is 0 Å². The first-order valence-corrected chi connectivity index (χ1v) is 4.70. The number of hydrogen-bond donors (Lipinski definition) is 1. The minimum Gasteiger partial charge on any atom is -0.395 e. The van der Waals surface area contributed by atoms with E-state index in [4.69, 9.17) is 5.11 Å². The highest BCUT2D eigenvalue weighted by molar-refractivity contribution is 5.75. The molecule has 0 saturated heterocycles. The summed E-state index contributed by atoms with van der Waals surface area (Å²) < 4.78 is 0. The molecule has 1 aromatic carbocycles. The molecule has 0 fully saturated rings. The van der Waals surface area contributed by atoms with E-state index in [-0.39, 0.29) is 6.61 Å². The molecule has 0 unspecified atom stereocenters. The van der Waals surface area contributed by atoms with Gasteiger partial charge in [-0.15, -0.1) is 0 Å². The predicted molar refractivity (Wildman–Crippen MR) is 58.1 cm³/mol. The van der Waals surface area contributed by atoms with Crippen molar-refractivity contribution in [3.63, 3.8) is 0 Å². The van der Waals surface area contributed by atoms with Crippen molar-refractivity contribution in [3.8, 4) is 11.8 Å². The quantitative estimate of drug-likeness (QED) is 0.704. The topological polar surface area (TPSA) is 46.0 Å². The molecule has 0 spiro atoms. The van der Waals surface area contributed by atoms with E-state index in [0.717, 1.165) is 16.6 Å². The Morgan fingerprint density at radius 1 is 1.13 bits per heavy atom. The second-order valence-electron chi connectivity index (χ2n) is 3.04. The molecule has 0 amide bonds. The van der Waals surface area contributed by atoms with Gasteiger partial charge in [0.2, 0.25) is 0 Å². The Morgan fingerprint density at radius 2 is 1.93 bits per heavy atom. The second kappa shape index (κ2) is 4.54. The van der Waals surface area contributed by atoms with Crippen molar-refractivity contribution < 1.29 is 5.11 Å². The molecule has 2 rings (SSSR count). The van der Waals surface area contributed by atoms with Gasteiger partial charge < -0.3 is 5.11 Å². The van der Waals surface area contributed by atoms with Gasteiger partial charge in [0.25, 0.3) is 0 Å². The van der Waals surface area contributed by atoms with Gasteiger partial charge in [-0.25, -0.2) is 0 Å². The average molecular weight is 198 g/mol. The number of hydrogen-bond acceptors (Lipinski definition) is 3. The minimum atomic E-state index is 0.0976. The zero-order chi connectivity index (χ0) is 10.5. The summed E-state index contributed by atoms with van der Waals surface area (Å²) in [5, 5.41) is 8.59. The van der Waals surface area contributed by atoms with E-state index in [1.807, 2.05) is 18.2 Å². The fourth-order valence-corrected chi connectivity index (χ4v) is 1.26. The molecular weight excluding hydrogens is 188 g/mol. The molecule has 15 heavy (non-hydrogen) atoms. The van der Waals surface area contributed by atoms with E-state index in [9.17, 15) is 0 Å². The summed E-state index contributed by atoms with van der Waals surface area (Å²) in [5.74, 6) is 5.83. The summed E-state index contributed by atoms with van der Waals surface area (Å²) in [6.07, 6.45) is 3.82. The molecule has 3 heteroatoms. The van der Waals surface area contributed by atoms with Gasteiger partial charge in [-0.1, -0.05) is 11.8 Å². The third kappa shape index (κ3) is 2.30. The van der Waals surface area contributed by atoms with Gasteiger partial charge in [-0.05, 0) is 18.2 Å². The number of aromatic nitrogens is 2. The lowest BCUT2D eigenvalue weighted by Gasteiger charge is -1.95. The normalized spacial score (nSPS) is 9.67. The lowest BCUT2D eigenvalue weighted by Crippen LogP contribution is -1.83. The highest BCUT2D eigenvalue weighted by Crippen LogP contribution is 2.09. The first-order chi connectivity index (χ1) is 7.40. The van der Waals surface area contributed by atoms with E-state index >= 15 is 0 Å². The maximum Gasteiger partial charge on any atom is 0.0899 e. The fraction of sp³-hybridized carbons (Fsp3) is 0.167. The number of aliphatic hydroxyl groups is 1. The molecule has 0 aliphatic heterocycles. The third-order valence-electron chi connectivity index (χ3n) is 1.94. The maximum atomic E-state index is 8.59. The molecule has 0 atom stereocenters. The van der Waals surface area contributed by atoms with Crippen LogP contribution in [0.15, 0.2) is 30.6 Å². The largest absolute Gasteiger partial charge is 0.395 e. The summed E-state index contributed by atoms with van der Waals surface area (Å²) in [6.45, 7) is 0.0976. The molecule has 0 radical (unpaired) electrons. The van der Waals surface area contributed by atoms with Crippen LogP contribution < -0.4 is 0 Å². The Labute approximate surface area is 87.8 Å². The zero-order valence-electron chi connectivity index (χ0n) is 8.14. The van der Waals surface area contributed by atoms with Crippen molar-refractivity contribution in [2.45, 2.75) is 6.42 Å². The summed E-state index contributed by atoms with van der Waals surface area (Å²) >= 11 is 0. The Kier molecular flexibility index (Phi) is 2.91. The maximum absolute atomic E-state index is 8.59. The molecule has 3 nitrogen and oxygen atoms in total. The number of nitrogens with zero attached hydrogens (tertiary/aromatic N) is 2. The molecule has 0 bridgehead atoms. The van der Waals surface area contributed by atoms with Gasteiger partial charge in [-0.2, -0.15) is 0 Å². The highest BCUT2D eigenvalue weighted by Gasteiger charge is 1.94. The fourth-order valence-electron chi connectivity index (χ4n) is 1.26. The lowest BCUT2D eigenvalue weighted by atomic mass is 10.2. The van der Waals surface area contributed by atoms with Crippen molar-refractivity contribution in [1.82, 2.24) is 9.97 Å². The lowest BCUT2D eigenvalue weighted by molar-refractivity contribution is 0.305. The molecule has 1 N–H and O–H groups in total. The second-order valence-corrected chi connectivity index (χ2v) is 3.04. The molecule has 2 aromatic rings. The Bertz CT molecular complexity index is 526. The van der Waals surface area contributed by atoms with Crippen molar-refractivity contribution in [2.24, 2.45) is 0 Å². The van der Waals surface area contributed by atoms with Crippen LogP contribution in [0.4, 0.5) is 0 Å². The molecular formula is C12H10N2O. The van der Waals surface area contributed by atoms with Crippen molar-refractivity contribution in [2.75, 3.05) is 6.61 Å². The molecule has 0 aliphatic carbocycles. The average Bonchev–Trinajstić information content (AvgIpc) is 2.29. The molecule has 1 aromatic heterocycles. The van der Waals surface area contributed by atoms with Gasteiger partial charge in [0.05, 0.1) is 17.6 Å². The van der Waals surface area contributed by atoms with Crippen molar-refractivity contribution in [3.05, 3.63) is 36.2 Å². The van der Waals surface area contributed by atoms with Crippen LogP contribution in [0, 0.1) is 11.8 Å². The molecule has 0 saturated carbocycles. The number of benzene rings is 1. The predicted octanol–water partition coefficient (Wildman–Crippen LogP) is 1.36. The zero-order valence-corrected chi connectivity index (χ0v) is 8.14. The van der Waals surface area contributed by atoms with E-state index < -0.39 is 0 Å². The van der Waals surface area contributed by atoms with E-state index in [1.54, 1.807) is 12.4 Å². The van der Waals surface area contributed by atoms with Crippen molar-refractivity contribution in [1.29, 1.82) is 0 Å². The van der Waals surface area contributed by atoms with E-state index in [1.165, 1.54) is 0 Å². The monoisotopic (exact) mass is 198 g/mol. The summed E-state index contributed by atoms with van der Waals surface area (Å²) in [6, 6.07) is 5.69. The smallest absolute Gasteiger partial charge is 0.0899 e. The van der Waals surface area contributed by atoms with E-state index in [0.29, 0.717) is 6.42 Å². The Hall–Kier alpha value is -1.92. The van der Waals surface area contributed by atoms with Gasteiger partial charge >= 0.3 is 0 Å². The van der Waals surface area contributed by atoms with Gasteiger partial charge in [-0.3, -0.25) is 9.97 Å². The Morgan fingerprint density at radius 3 is 2.73 bits per heavy atom. The summed E-state index contributed by atoms with van der Waals surface area (Å²) in [7, 11) is 0. The molecule has 74 valence electrons. The minimum absolute atomic E-state index is 0.0976. The third-order valence-corrected chi connectivity index (χ3v) is 1.94. The van der Waals surface area contributed by atoms with Crippen LogP contribution in [-0.2, 0) is 0 Å². The van der Waals surface area contributed by atoms with Crippen LogP contribution in [0.5, 0.6) is 0 Å². The standard InChI is InChI=1S/C12H10N2O/c15-8-2-1-3-10-4-5-11-12(9-10)14-7-6-13-11/h4-7,9,15H,2,8H2. The van der Waals surface area contributed by atoms with Crippen LogP contribution in [0.2, 0.25) is 0 Å². The SMILES string of the molecule is OCCC#Cc1ccc2nccnc2c1. The highest BCUT2D eigenvalue weighted by atomic mass is 16.2. The van der Waals surface area contributed by atoms with Crippen LogP contribution in [0.25, 0.3) is 11.0 Å². The van der Waals surface area contributed by atoms with E-state index in [2.05, 4.69) is 21.8 Å². The summed E-state index contributed by atoms with van der Waals surface area (Å²) in [5.41, 5.74) is 2.61. The van der Waals surface area contributed by atoms with Crippen LogP contribution in [0.3, 0.4) is 0 Å². The number of aliphatic hydroxyl groups excluding tert-OH is 1. The van der Waals surface area contributed by atoms with Crippen molar-refractivity contribution >= 4 is 11.0 Å². The van der Waals surface area contributed by atoms with Crippen LogP contribution >= 0.6 is 0 Å². The van der Waals surface area contributed by atoms with Gasteiger partial charge in [0.15, 0.2) is 0 Å². The molecule has 0 aliphatic rings. The first kappa shape index (κ1) is 9.63. The van der Waals surface area contributed by atoms with Crippen LogP contribution in [0.1, 0.15) is 12.0 Å².